The van der Waals surface area contributed by atoms with Gasteiger partial charge >= 0.3 is 0 Å². The number of pyridine rings is 1. The molecule has 0 saturated heterocycles. The van der Waals surface area contributed by atoms with Gasteiger partial charge in [-0.1, -0.05) is 176 Å². The predicted octanol–water partition coefficient (Wildman–Crippen LogP) is 15.1. The van der Waals surface area contributed by atoms with Crippen LogP contribution in [-0.4, -0.2) is 14.1 Å². The average Bonchev–Trinajstić information content (AvgIpc) is 3.84. The molecule has 0 fully saturated rings. The standard InChI is InChI=1S/C57H37N3/c1-3-18-38(19-4-1)41-36-48(44-29-17-23-39-22-7-8-24-42(39)44)58-49(37-41)45-26-10-14-31-51(45)60-53-33-16-12-28-47(53)57-55(60)35-34-54-56(57)46-27-11-15-32-52(46)59(54)50-30-13-9-25-43(50)40-20-5-2-6-21-40/h1-37H. The van der Waals surface area contributed by atoms with Crippen LogP contribution in [0.15, 0.2) is 224 Å². The van der Waals surface area contributed by atoms with E-state index in [0.29, 0.717) is 0 Å². The fourth-order valence-electron chi connectivity index (χ4n) is 9.51. The molecule has 9 aromatic carbocycles. The Morgan fingerprint density at radius 3 is 1.38 bits per heavy atom. The third-order valence-electron chi connectivity index (χ3n) is 12.1. The van der Waals surface area contributed by atoms with Crippen LogP contribution in [0.2, 0.25) is 0 Å². The Balaban J connectivity index is 1.14. The van der Waals surface area contributed by atoms with Crippen molar-refractivity contribution in [3.63, 3.8) is 0 Å². The summed E-state index contributed by atoms with van der Waals surface area (Å²) in [5.74, 6) is 0. The Morgan fingerprint density at radius 1 is 0.283 bits per heavy atom. The van der Waals surface area contributed by atoms with E-state index in [2.05, 4.69) is 234 Å². The first-order chi connectivity index (χ1) is 29.8. The van der Waals surface area contributed by atoms with Crippen LogP contribution in [-0.2, 0) is 0 Å². The van der Waals surface area contributed by atoms with Gasteiger partial charge in [-0.15, -0.1) is 0 Å². The van der Waals surface area contributed by atoms with Gasteiger partial charge in [0.1, 0.15) is 0 Å². The van der Waals surface area contributed by atoms with E-state index in [0.717, 1.165) is 56.0 Å². The SMILES string of the molecule is c1ccc(-c2cc(-c3ccccc3-n3c4ccccc4c4c5c6ccccc6n(-c6ccccc6-c6ccccc6)c5ccc43)nc(-c3cccc4ccccc34)c2)cc1. The largest absolute Gasteiger partial charge is 0.309 e. The van der Waals surface area contributed by atoms with Crippen LogP contribution < -0.4 is 0 Å². The first kappa shape index (κ1) is 34.1. The van der Waals surface area contributed by atoms with Crippen LogP contribution in [0.5, 0.6) is 0 Å². The highest BCUT2D eigenvalue weighted by Gasteiger charge is 2.23. The molecular formula is C57H37N3. The number of nitrogens with zero attached hydrogens (tertiary/aromatic N) is 3. The van der Waals surface area contributed by atoms with E-state index >= 15 is 0 Å². The molecule has 280 valence electrons. The van der Waals surface area contributed by atoms with Crippen molar-refractivity contribution in [2.24, 2.45) is 0 Å². The monoisotopic (exact) mass is 763 g/mol. The van der Waals surface area contributed by atoms with Crippen molar-refractivity contribution in [2.75, 3.05) is 0 Å². The van der Waals surface area contributed by atoms with E-state index in [9.17, 15) is 0 Å². The molecular weight excluding hydrogens is 727 g/mol. The first-order valence-electron chi connectivity index (χ1n) is 20.6. The number of rotatable bonds is 6. The summed E-state index contributed by atoms with van der Waals surface area (Å²) in [6.07, 6.45) is 0. The van der Waals surface area contributed by atoms with Gasteiger partial charge in [0.05, 0.1) is 44.8 Å². The molecule has 0 radical (unpaired) electrons. The Kier molecular flexibility index (Phi) is 7.85. The molecule has 0 aliphatic rings. The van der Waals surface area contributed by atoms with Gasteiger partial charge in [0, 0.05) is 38.2 Å². The second kappa shape index (κ2) is 13.8. The molecule has 0 amide bonds. The summed E-state index contributed by atoms with van der Waals surface area (Å²) in [6.45, 7) is 0. The lowest BCUT2D eigenvalue weighted by atomic mass is 9.97. The molecule has 0 spiro atoms. The Hall–Kier alpha value is -8.01. The minimum Gasteiger partial charge on any atom is -0.309 e. The third-order valence-corrected chi connectivity index (χ3v) is 12.1. The molecule has 60 heavy (non-hydrogen) atoms. The van der Waals surface area contributed by atoms with Gasteiger partial charge in [0.15, 0.2) is 0 Å². The van der Waals surface area contributed by atoms with Crippen molar-refractivity contribution in [3.8, 4) is 56.1 Å². The molecule has 3 nitrogen and oxygen atoms in total. The molecule has 0 unspecified atom stereocenters. The molecule has 12 aromatic rings. The van der Waals surface area contributed by atoms with Crippen LogP contribution >= 0.6 is 0 Å². The van der Waals surface area contributed by atoms with Crippen LogP contribution in [0, 0.1) is 0 Å². The maximum Gasteiger partial charge on any atom is 0.0736 e. The van der Waals surface area contributed by atoms with E-state index < -0.39 is 0 Å². The van der Waals surface area contributed by atoms with Crippen molar-refractivity contribution in [3.05, 3.63) is 224 Å². The van der Waals surface area contributed by atoms with Crippen LogP contribution in [0.3, 0.4) is 0 Å². The summed E-state index contributed by atoms with van der Waals surface area (Å²) in [5.41, 5.74) is 15.7. The minimum atomic E-state index is 0.927. The van der Waals surface area contributed by atoms with Gasteiger partial charge in [-0.05, 0) is 76.0 Å². The quantitative estimate of drug-likeness (QED) is 0.165. The molecule has 3 aromatic heterocycles. The first-order valence-corrected chi connectivity index (χ1v) is 20.6. The highest BCUT2D eigenvalue weighted by molar-refractivity contribution is 6.29. The minimum absolute atomic E-state index is 0.927. The van der Waals surface area contributed by atoms with Gasteiger partial charge in [-0.25, -0.2) is 4.98 Å². The zero-order valence-corrected chi connectivity index (χ0v) is 32.7. The van der Waals surface area contributed by atoms with Crippen molar-refractivity contribution in [1.29, 1.82) is 0 Å². The molecule has 0 N–H and O–H groups in total. The summed E-state index contributed by atoms with van der Waals surface area (Å²) < 4.78 is 4.91. The second-order valence-electron chi connectivity index (χ2n) is 15.5. The third kappa shape index (κ3) is 5.33. The molecule has 0 saturated carbocycles. The van der Waals surface area contributed by atoms with E-state index in [4.69, 9.17) is 4.98 Å². The van der Waals surface area contributed by atoms with Crippen LogP contribution in [0.25, 0.3) is 111 Å². The van der Waals surface area contributed by atoms with E-state index in [1.807, 2.05) is 0 Å². The van der Waals surface area contributed by atoms with Crippen molar-refractivity contribution in [1.82, 2.24) is 14.1 Å². The molecule has 0 aliphatic carbocycles. The van der Waals surface area contributed by atoms with Crippen LogP contribution in [0.4, 0.5) is 0 Å². The van der Waals surface area contributed by atoms with Gasteiger partial charge < -0.3 is 9.13 Å². The number of aromatic nitrogens is 3. The normalized spacial score (nSPS) is 11.7. The summed E-state index contributed by atoms with van der Waals surface area (Å²) in [6, 6.07) is 80.9. The summed E-state index contributed by atoms with van der Waals surface area (Å²) in [5, 5.41) is 7.33. The Labute approximate surface area is 347 Å². The molecule has 12 rings (SSSR count). The Morgan fingerprint density at radius 2 is 0.733 bits per heavy atom. The number of benzene rings is 9. The molecule has 0 aliphatic heterocycles. The zero-order chi connectivity index (χ0) is 39.6. The Bertz CT molecular complexity index is 3590. The van der Waals surface area contributed by atoms with Crippen LogP contribution in [0.1, 0.15) is 0 Å². The maximum atomic E-state index is 5.52. The van der Waals surface area contributed by atoms with E-state index in [1.165, 1.54) is 54.5 Å². The molecule has 0 atom stereocenters. The van der Waals surface area contributed by atoms with Gasteiger partial charge in [-0.2, -0.15) is 0 Å². The summed E-state index contributed by atoms with van der Waals surface area (Å²) >= 11 is 0. The predicted molar refractivity (Wildman–Crippen MR) is 252 cm³/mol. The lowest BCUT2D eigenvalue weighted by Gasteiger charge is -2.16. The van der Waals surface area contributed by atoms with E-state index in [-0.39, 0.29) is 0 Å². The summed E-state index contributed by atoms with van der Waals surface area (Å²) in [7, 11) is 0. The topological polar surface area (TPSA) is 22.8 Å². The smallest absolute Gasteiger partial charge is 0.0736 e. The van der Waals surface area contributed by atoms with Gasteiger partial charge in [-0.3, -0.25) is 0 Å². The molecule has 0 bridgehead atoms. The number of para-hydroxylation sites is 4. The number of hydrogen-bond acceptors (Lipinski definition) is 1. The van der Waals surface area contributed by atoms with Gasteiger partial charge in [0.2, 0.25) is 0 Å². The molecule has 3 heteroatoms. The number of fused-ring (bicyclic) bond motifs is 8. The average molecular weight is 764 g/mol. The number of hydrogen-bond donors (Lipinski definition) is 0. The maximum absolute atomic E-state index is 5.52. The lowest BCUT2D eigenvalue weighted by Crippen LogP contribution is -1.99. The fourth-order valence-corrected chi connectivity index (χ4v) is 9.51. The second-order valence-corrected chi connectivity index (χ2v) is 15.5. The molecule has 3 heterocycles. The highest BCUT2D eigenvalue weighted by Crippen LogP contribution is 2.45. The highest BCUT2D eigenvalue weighted by atomic mass is 15.0. The fraction of sp³-hybridized carbons (Fsp3) is 0. The lowest BCUT2D eigenvalue weighted by molar-refractivity contribution is 1.17. The van der Waals surface area contributed by atoms with Crippen molar-refractivity contribution in [2.45, 2.75) is 0 Å². The summed E-state index contributed by atoms with van der Waals surface area (Å²) in [4.78, 5) is 5.52. The van der Waals surface area contributed by atoms with E-state index in [1.54, 1.807) is 0 Å². The zero-order valence-electron chi connectivity index (χ0n) is 32.7. The van der Waals surface area contributed by atoms with Crippen molar-refractivity contribution >= 4 is 54.4 Å². The van der Waals surface area contributed by atoms with Gasteiger partial charge in [0.25, 0.3) is 0 Å². The van der Waals surface area contributed by atoms with Crippen molar-refractivity contribution < 1.29 is 0 Å².